The first kappa shape index (κ1) is 23.8. The van der Waals surface area contributed by atoms with E-state index in [1.807, 2.05) is 24.3 Å². The molecule has 0 fully saturated rings. The summed E-state index contributed by atoms with van der Waals surface area (Å²) in [5.41, 5.74) is 1.65. The fraction of sp³-hybridized carbons (Fsp3) is 0.160. The number of halogens is 2. The zero-order chi connectivity index (χ0) is 24.1. The van der Waals surface area contributed by atoms with Crippen LogP contribution >= 0.6 is 27.3 Å². The van der Waals surface area contributed by atoms with Gasteiger partial charge in [0, 0.05) is 13.0 Å². The molecule has 0 aliphatic rings. The van der Waals surface area contributed by atoms with E-state index >= 15 is 0 Å². The number of aromatic nitrogens is 2. The molecule has 0 spiro atoms. The third-order valence-electron chi connectivity index (χ3n) is 5.07. The average Bonchev–Trinajstić information content (AvgIpc) is 3.20. The van der Waals surface area contributed by atoms with Gasteiger partial charge in [-0.05, 0) is 45.3 Å². The second-order valence-corrected chi connectivity index (χ2v) is 9.06. The lowest BCUT2D eigenvalue weighted by Crippen LogP contribution is -2.40. The molecule has 174 valence electrons. The average molecular weight is 542 g/mol. The Bertz CT molecular complexity index is 1330. The van der Waals surface area contributed by atoms with Gasteiger partial charge in [0.2, 0.25) is 5.88 Å². The zero-order valence-electron chi connectivity index (χ0n) is 18.3. The second-order valence-electron chi connectivity index (χ2n) is 7.27. The zero-order valence-corrected chi connectivity index (χ0v) is 20.7. The van der Waals surface area contributed by atoms with Gasteiger partial charge >= 0.3 is 0 Å². The van der Waals surface area contributed by atoms with Crippen molar-refractivity contribution in [1.29, 1.82) is 0 Å². The third-order valence-corrected chi connectivity index (χ3v) is 7.27. The summed E-state index contributed by atoms with van der Waals surface area (Å²) in [6, 6.07) is 13.7. The molecular formula is C25H21BrFN3O3S. The van der Waals surface area contributed by atoms with Crippen LogP contribution in [0.2, 0.25) is 0 Å². The highest BCUT2D eigenvalue weighted by molar-refractivity contribution is 9.10. The largest absolute Gasteiger partial charge is 0.496 e. The Labute approximate surface area is 208 Å². The summed E-state index contributed by atoms with van der Waals surface area (Å²) in [6.45, 7) is 3.96. The molecule has 0 bridgehead atoms. The maximum Gasteiger partial charge on any atom is 0.261 e. The quantitative estimate of drug-likeness (QED) is 0.281. The number of thiophene rings is 1. The molecule has 4 rings (SSSR count). The molecule has 1 amide bonds. The lowest BCUT2D eigenvalue weighted by Gasteiger charge is -2.19. The maximum atomic E-state index is 13.4. The van der Waals surface area contributed by atoms with Gasteiger partial charge in [0.25, 0.3) is 5.91 Å². The number of carbonyl (C=O) groups is 1. The fourth-order valence-electron chi connectivity index (χ4n) is 3.43. The van der Waals surface area contributed by atoms with E-state index in [0.717, 1.165) is 20.5 Å². The Kier molecular flexibility index (Phi) is 7.54. The van der Waals surface area contributed by atoms with E-state index in [9.17, 15) is 9.18 Å². The van der Waals surface area contributed by atoms with Crippen LogP contribution < -0.4 is 14.8 Å². The molecule has 0 saturated heterocycles. The number of methoxy groups -OCH3 is 1. The summed E-state index contributed by atoms with van der Waals surface area (Å²) in [7, 11) is 1.58. The molecule has 34 heavy (non-hydrogen) atoms. The predicted molar refractivity (Wildman–Crippen MR) is 135 cm³/mol. The van der Waals surface area contributed by atoms with Gasteiger partial charge in [0.1, 0.15) is 22.7 Å². The van der Waals surface area contributed by atoms with E-state index in [4.69, 9.17) is 9.47 Å². The molecule has 1 atom stereocenters. The number of fused-ring (bicyclic) bond motifs is 1. The van der Waals surface area contributed by atoms with E-state index in [1.165, 1.54) is 29.8 Å². The monoisotopic (exact) mass is 541 g/mol. The molecule has 6 nitrogen and oxygen atoms in total. The van der Waals surface area contributed by atoms with Crippen molar-refractivity contribution in [2.24, 2.45) is 0 Å². The van der Waals surface area contributed by atoms with E-state index in [1.54, 1.807) is 25.3 Å². The molecule has 0 aliphatic carbocycles. The van der Waals surface area contributed by atoms with Crippen molar-refractivity contribution < 1.29 is 18.7 Å². The van der Waals surface area contributed by atoms with Crippen molar-refractivity contribution in [3.63, 3.8) is 0 Å². The summed E-state index contributed by atoms with van der Waals surface area (Å²) < 4.78 is 25.8. The molecule has 0 saturated carbocycles. The number of carbonyl (C=O) groups excluding carboxylic acids is 1. The lowest BCUT2D eigenvalue weighted by atomic mass is 10.1. The second kappa shape index (κ2) is 10.8. The van der Waals surface area contributed by atoms with Crippen LogP contribution in [0.1, 0.15) is 5.56 Å². The molecule has 4 aromatic rings. The minimum absolute atomic E-state index is 0.269. The lowest BCUT2D eigenvalue weighted by molar-refractivity contribution is -0.127. The first-order chi connectivity index (χ1) is 16.5. The topological polar surface area (TPSA) is 73.3 Å². The highest BCUT2D eigenvalue weighted by Gasteiger charge is 2.26. The Morgan fingerprint density at radius 1 is 1.24 bits per heavy atom. The minimum atomic E-state index is -0.879. The Morgan fingerprint density at radius 2 is 2.00 bits per heavy atom. The first-order valence-electron chi connectivity index (χ1n) is 10.4. The number of nitrogens with zero attached hydrogens (tertiary/aromatic N) is 2. The molecule has 0 aliphatic heterocycles. The predicted octanol–water partition coefficient (Wildman–Crippen LogP) is 5.56. The highest BCUT2D eigenvalue weighted by Crippen LogP contribution is 2.44. The van der Waals surface area contributed by atoms with Crippen LogP contribution in [-0.4, -0.2) is 35.6 Å². The van der Waals surface area contributed by atoms with Crippen molar-refractivity contribution in [1.82, 2.24) is 15.3 Å². The van der Waals surface area contributed by atoms with Gasteiger partial charge in [-0.3, -0.25) is 4.79 Å². The summed E-state index contributed by atoms with van der Waals surface area (Å²) in [5.74, 6) is 0.322. The number of nitrogens with one attached hydrogen (secondary N) is 1. The molecule has 1 unspecified atom stereocenters. The smallest absolute Gasteiger partial charge is 0.261 e. The van der Waals surface area contributed by atoms with E-state index in [2.05, 4.69) is 37.8 Å². The van der Waals surface area contributed by atoms with Gasteiger partial charge in [-0.1, -0.05) is 36.4 Å². The van der Waals surface area contributed by atoms with Gasteiger partial charge in [-0.2, -0.15) is 0 Å². The molecule has 2 aromatic carbocycles. The van der Waals surface area contributed by atoms with Gasteiger partial charge in [0.05, 0.1) is 21.8 Å². The number of amides is 1. The first-order valence-corrected chi connectivity index (χ1v) is 12.0. The number of benzene rings is 2. The van der Waals surface area contributed by atoms with Gasteiger partial charge in [0.15, 0.2) is 6.10 Å². The maximum absolute atomic E-state index is 13.4. The molecule has 2 heterocycles. The normalized spacial score (nSPS) is 11.7. The Morgan fingerprint density at radius 3 is 2.74 bits per heavy atom. The molecule has 0 radical (unpaired) electrons. The minimum Gasteiger partial charge on any atom is -0.496 e. The molecule has 2 aromatic heterocycles. The van der Waals surface area contributed by atoms with Gasteiger partial charge in [-0.25, -0.2) is 14.4 Å². The number of para-hydroxylation sites is 1. The summed E-state index contributed by atoms with van der Waals surface area (Å²) in [6.07, 6.45) is 2.39. The standard InChI is InChI=1S/C25H21BrFN3O3S/c1-3-12-28-23(31)19(13-16-6-4-5-7-18(16)32-2)33-24-20-21(26)22(34-25(20)30-14-29-24)15-8-10-17(27)11-9-15/h3-11,14,19H,1,12-13H2,2H3,(H,28,31). The van der Waals surface area contributed by atoms with Crippen LogP contribution in [0.5, 0.6) is 11.6 Å². The van der Waals surface area contributed by atoms with Crippen LogP contribution in [0.3, 0.4) is 0 Å². The third kappa shape index (κ3) is 5.10. The van der Waals surface area contributed by atoms with Crippen molar-refractivity contribution >= 4 is 43.4 Å². The SMILES string of the molecule is C=CCNC(=O)C(Cc1ccccc1OC)Oc1ncnc2sc(-c3ccc(F)cc3)c(Br)c12. The van der Waals surface area contributed by atoms with Crippen LogP contribution in [0, 0.1) is 5.82 Å². The van der Waals surface area contributed by atoms with Crippen molar-refractivity contribution in [2.45, 2.75) is 12.5 Å². The Hall–Kier alpha value is -3.30. The van der Waals surface area contributed by atoms with Gasteiger partial charge < -0.3 is 14.8 Å². The van der Waals surface area contributed by atoms with Crippen LogP contribution in [0.15, 0.2) is 72.0 Å². The molecular weight excluding hydrogens is 521 g/mol. The highest BCUT2D eigenvalue weighted by atomic mass is 79.9. The number of hydrogen-bond donors (Lipinski definition) is 1. The van der Waals surface area contributed by atoms with Crippen LogP contribution in [0.25, 0.3) is 20.7 Å². The number of ether oxygens (including phenoxy) is 2. The van der Waals surface area contributed by atoms with Crippen molar-refractivity contribution in [3.05, 3.63) is 83.4 Å². The van der Waals surface area contributed by atoms with Crippen molar-refractivity contribution in [2.75, 3.05) is 13.7 Å². The summed E-state index contributed by atoms with van der Waals surface area (Å²) in [4.78, 5) is 23.2. The van der Waals surface area contributed by atoms with E-state index in [-0.39, 0.29) is 24.0 Å². The Balaban J connectivity index is 1.72. The summed E-state index contributed by atoms with van der Waals surface area (Å²) in [5, 5.41) is 3.45. The van der Waals surface area contributed by atoms with Crippen molar-refractivity contribution in [3.8, 4) is 22.1 Å². The van der Waals surface area contributed by atoms with E-state index in [0.29, 0.717) is 22.5 Å². The van der Waals surface area contributed by atoms with Crippen LogP contribution in [0.4, 0.5) is 4.39 Å². The summed E-state index contributed by atoms with van der Waals surface area (Å²) >= 11 is 5.06. The van der Waals surface area contributed by atoms with Gasteiger partial charge in [-0.15, -0.1) is 17.9 Å². The number of hydrogen-bond acceptors (Lipinski definition) is 6. The number of rotatable bonds is 9. The van der Waals surface area contributed by atoms with Crippen LogP contribution in [-0.2, 0) is 11.2 Å². The molecule has 9 heteroatoms. The van der Waals surface area contributed by atoms with E-state index < -0.39 is 6.10 Å². The molecule has 1 N–H and O–H groups in total. The fourth-order valence-corrected chi connectivity index (χ4v) is 5.42.